The highest BCUT2D eigenvalue weighted by Crippen LogP contribution is 2.11. The van der Waals surface area contributed by atoms with Gasteiger partial charge in [-0.2, -0.15) is 0 Å². The second-order valence-corrected chi connectivity index (χ2v) is 4.75. The molecule has 0 saturated carbocycles. The first-order chi connectivity index (χ1) is 8.04. The number of nitrogens with zero attached hydrogens (tertiary/aromatic N) is 1. The van der Waals surface area contributed by atoms with Crippen LogP contribution in [0.1, 0.15) is 27.7 Å². The van der Waals surface area contributed by atoms with Crippen LogP contribution in [0.2, 0.25) is 0 Å². The van der Waals surface area contributed by atoms with E-state index in [4.69, 9.17) is 9.84 Å². The summed E-state index contributed by atoms with van der Waals surface area (Å²) < 4.78 is 9.62. The zero-order valence-corrected chi connectivity index (χ0v) is 11.2. The number of amides is 1. The average molecular weight is 261 g/mol. The van der Waals surface area contributed by atoms with Crippen LogP contribution in [-0.2, 0) is 19.1 Å². The van der Waals surface area contributed by atoms with E-state index in [-0.39, 0.29) is 0 Å². The van der Waals surface area contributed by atoms with Gasteiger partial charge in [-0.1, -0.05) is 0 Å². The predicted molar refractivity (Wildman–Crippen MR) is 62.1 cm³/mol. The third kappa shape index (κ3) is 6.07. The van der Waals surface area contributed by atoms with Gasteiger partial charge in [0, 0.05) is 14.0 Å². The molecule has 7 nitrogen and oxygen atoms in total. The van der Waals surface area contributed by atoms with Gasteiger partial charge in [-0.3, -0.25) is 9.69 Å². The van der Waals surface area contributed by atoms with E-state index in [1.54, 1.807) is 20.8 Å². The molecular formula is C11H19NO6. The van der Waals surface area contributed by atoms with Crippen LogP contribution in [0.3, 0.4) is 0 Å². The quantitative estimate of drug-likeness (QED) is 0.755. The summed E-state index contributed by atoms with van der Waals surface area (Å²) in [4.78, 5) is 34.2. The molecule has 0 aromatic carbocycles. The summed E-state index contributed by atoms with van der Waals surface area (Å²) in [5.41, 5.74) is -0.726. The second-order valence-electron chi connectivity index (χ2n) is 4.75. The van der Waals surface area contributed by atoms with Crippen LogP contribution in [0.15, 0.2) is 0 Å². The Morgan fingerprint density at radius 3 is 2.11 bits per heavy atom. The minimum Gasteiger partial charge on any atom is -0.480 e. The summed E-state index contributed by atoms with van der Waals surface area (Å²) in [5, 5.41) is 8.96. The number of carbonyl (C=O) groups is 3. The highest BCUT2D eigenvalue weighted by atomic mass is 16.6. The van der Waals surface area contributed by atoms with Gasteiger partial charge in [0.2, 0.25) is 0 Å². The molecule has 0 spiro atoms. The van der Waals surface area contributed by atoms with Crippen LogP contribution in [0.4, 0.5) is 4.79 Å². The molecule has 1 unspecified atom stereocenters. The maximum absolute atomic E-state index is 11.6. The van der Waals surface area contributed by atoms with Crippen molar-refractivity contribution in [3.63, 3.8) is 0 Å². The number of aliphatic carboxylic acids is 1. The Kier molecular flexibility index (Phi) is 5.61. The van der Waals surface area contributed by atoms with Crippen molar-refractivity contribution in [1.82, 2.24) is 4.90 Å². The fraction of sp³-hybridized carbons (Fsp3) is 0.727. The molecule has 1 amide bonds. The van der Waals surface area contributed by atoms with E-state index in [1.807, 2.05) is 0 Å². The minimum atomic E-state index is -1.27. The SMILES string of the molecule is CC(=O)OCC(C(=O)O)N(C)C(=O)OC(C)(C)C. The molecule has 0 heterocycles. The first-order valence-electron chi connectivity index (χ1n) is 5.36. The van der Waals surface area contributed by atoms with Crippen LogP contribution in [0, 0.1) is 0 Å². The lowest BCUT2D eigenvalue weighted by Crippen LogP contribution is -2.47. The monoisotopic (exact) mass is 261 g/mol. The Labute approximate surface area is 106 Å². The Morgan fingerprint density at radius 2 is 1.78 bits per heavy atom. The zero-order chi connectivity index (χ0) is 14.5. The Bertz CT molecular complexity index is 333. The maximum Gasteiger partial charge on any atom is 0.410 e. The van der Waals surface area contributed by atoms with E-state index in [0.717, 1.165) is 11.8 Å². The summed E-state index contributed by atoms with van der Waals surface area (Å²) in [6.45, 7) is 5.74. The van der Waals surface area contributed by atoms with E-state index < -0.39 is 36.3 Å². The summed E-state index contributed by atoms with van der Waals surface area (Å²) in [6.07, 6.45) is -0.790. The van der Waals surface area contributed by atoms with Gasteiger partial charge in [0.05, 0.1) is 0 Å². The first-order valence-corrected chi connectivity index (χ1v) is 5.36. The number of hydrogen-bond donors (Lipinski definition) is 1. The zero-order valence-electron chi connectivity index (χ0n) is 11.2. The molecule has 0 aliphatic heterocycles. The summed E-state index contributed by atoms with van der Waals surface area (Å²) >= 11 is 0. The normalized spacial score (nSPS) is 12.5. The third-order valence-electron chi connectivity index (χ3n) is 1.88. The van der Waals surface area contributed by atoms with Crippen molar-refractivity contribution in [3.05, 3.63) is 0 Å². The lowest BCUT2D eigenvalue weighted by atomic mass is 10.2. The molecule has 1 N–H and O–H groups in total. The van der Waals surface area contributed by atoms with Crippen LogP contribution < -0.4 is 0 Å². The van der Waals surface area contributed by atoms with Crippen molar-refractivity contribution in [2.45, 2.75) is 39.3 Å². The van der Waals surface area contributed by atoms with Crippen LogP contribution in [0.5, 0.6) is 0 Å². The largest absolute Gasteiger partial charge is 0.480 e. The van der Waals surface area contributed by atoms with Gasteiger partial charge in [0.15, 0.2) is 6.04 Å². The lowest BCUT2D eigenvalue weighted by Gasteiger charge is -2.28. The maximum atomic E-state index is 11.6. The van der Waals surface area contributed by atoms with Crippen molar-refractivity contribution >= 4 is 18.0 Å². The number of ether oxygens (including phenoxy) is 2. The number of carbonyl (C=O) groups excluding carboxylic acids is 2. The Hall–Kier alpha value is -1.79. The second kappa shape index (κ2) is 6.23. The standard InChI is InChI=1S/C11H19NO6/c1-7(13)17-6-8(9(14)15)12(5)10(16)18-11(2,3)4/h8H,6H2,1-5H3,(H,14,15). The van der Waals surface area contributed by atoms with Gasteiger partial charge in [-0.25, -0.2) is 9.59 Å². The average Bonchev–Trinajstić information content (AvgIpc) is 2.13. The van der Waals surface area contributed by atoms with E-state index in [0.29, 0.717) is 0 Å². The number of esters is 1. The van der Waals surface area contributed by atoms with Crippen LogP contribution in [-0.4, -0.2) is 53.3 Å². The minimum absolute atomic E-state index is 0.416. The summed E-state index contributed by atoms with van der Waals surface area (Å²) in [7, 11) is 1.27. The highest BCUT2D eigenvalue weighted by Gasteiger charge is 2.30. The molecule has 0 radical (unpaired) electrons. The topological polar surface area (TPSA) is 93.1 Å². The van der Waals surface area contributed by atoms with E-state index in [2.05, 4.69) is 4.74 Å². The fourth-order valence-electron chi connectivity index (χ4n) is 1.01. The molecule has 104 valence electrons. The van der Waals surface area contributed by atoms with Gasteiger partial charge in [-0.15, -0.1) is 0 Å². The van der Waals surface area contributed by atoms with Gasteiger partial charge in [0.1, 0.15) is 12.2 Å². The molecule has 0 rings (SSSR count). The van der Waals surface area contributed by atoms with Gasteiger partial charge < -0.3 is 14.6 Å². The predicted octanol–water partition coefficient (Wildman–Crippen LogP) is 0.870. The molecule has 0 aromatic rings. The molecule has 0 bridgehead atoms. The number of hydrogen-bond acceptors (Lipinski definition) is 5. The molecule has 18 heavy (non-hydrogen) atoms. The molecule has 7 heteroatoms. The number of carboxylic acids is 1. The molecular weight excluding hydrogens is 242 g/mol. The van der Waals surface area contributed by atoms with Crippen molar-refractivity contribution in [1.29, 1.82) is 0 Å². The van der Waals surface area contributed by atoms with Crippen LogP contribution >= 0.6 is 0 Å². The van der Waals surface area contributed by atoms with Crippen LogP contribution in [0.25, 0.3) is 0 Å². The Morgan fingerprint density at radius 1 is 1.28 bits per heavy atom. The third-order valence-corrected chi connectivity index (χ3v) is 1.88. The molecule has 0 fully saturated rings. The van der Waals surface area contributed by atoms with Crippen molar-refractivity contribution in [2.24, 2.45) is 0 Å². The smallest absolute Gasteiger partial charge is 0.410 e. The van der Waals surface area contributed by atoms with Gasteiger partial charge >= 0.3 is 18.0 Å². The number of carboxylic acid groups (broad SMARTS) is 1. The highest BCUT2D eigenvalue weighted by molar-refractivity contribution is 5.80. The molecule has 0 saturated heterocycles. The lowest BCUT2D eigenvalue weighted by molar-refractivity contribution is -0.150. The van der Waals surface area contributed by atoms with E-state index >= 15 is 0 Å². The van der Waals surface area contributed by atoms with E-state index in [1.165, 1.54) is 7.05 Å². The van der Waals surface area contributed by atoms with Crippen molar-refractivity contribution in [2.75, 3.05) is 13.7 Å². The van der Waals surface area contributed by atoms with Gasteiger partial charge in [-0.05, 0) is 20.8 Å². The Balaban J connectivity index is 4.65. The first kappa shape index (κ1) is 16.2. The fourth-order valence-corrected chi connectivity index (χ4v) is 1.01. The van der Waals surface area contributed by atoms with Crippen molar-refractivity contribution < 1.29 is 29.0 Å². The van der Waals surface area contributed by atoms with E-state index in [9.17, 15) is 14.4 Å². The molecule has 0 aromatic heterocycles. The number of rotatable bonds is 4. The molecule has 1 atom stereocenters. The molecule has 0 aliphatic rings. The molecule has 0 aliphatic carbocycles. The van der Waals surface area contributed by atoms with Gasteiger partial charge in [0.25, 0.3) is 0 Å². The summed E-state index contributed by atoms with van der Waals surface area (Å²) in [5.74, 6) is -1.89. The number of likely N-dealkylation sites (N-methyl/N-ethyl adjacent to an activating group) is 1. The summed E-state index contributed by atoms with van der Waals surface area (Å²) in [6, 6.07) is -1.27. The van der Waals surface area contributed by atoms with Crippen molar-refractivity contribution in [3.8, 4) is 0 Å².